The van der Waals surface area contributed by atoms with Gasteiger partial charge in [0.15, 0.2) is 11.5 Å². The first-order valence-corrected chi connectivity index (χ1v) is 10.2. The molecule has 5 aromatic rings. The molecule has 0 fully saturated rings. The van der Waals surface area contributed by atoms with Gasteiger partial charge in [0.05, 0.1) is 23.0 Å². The Labute approximate surface area is 179 Å². The monoisotopic (exact) mass is 412 g/mol. The van der Waals surface area contributed by atoms with Gasteiger partial charge < -0.3 is 10.1 Å². The van der Waals surface area contributed by atoms with E-state index in [2.05, 4.69) is 15.1 Å². The summed E-state index contributed by atoms with van der Waals surface area (Å²) in [6, 6.07) is 11.5. The molecule has 0 aliphatic carbocycles. The summed E-state index contributed by atoms with van der Waals surface area (Å²) in [6.07, 6.45) is 7.11. The van der Waals surface area contributed by atoms with Crippen LogP contribution in [0.4, 0.5) is 5.82 Å². The van der Waals surface area contributed by atoms with Gasteiger partial charge in [-0.2, -0.15) is 9.78 Å². The zero-order valence-electron chi connectivity index (χ0n) is 18.0. The van der Waals surface area contributed by atoms with Crippen LogP contribution in [0.3, 0.4) is 0 Å². The second-order valence-corrected chi connectivity index (χ2v) is 7.07. The van der Waals surface area contributed by atoms with Crippen molar-refractivity contribution in [3.8, 4) is 16.9 Å². The van der Waals surface area contributed by atoms with Gasteiger partial charge in [0.25, 0.3) is 5.56 Å². The van der Waals surface area contributed by atoms with Gasteiger partial charge >= 0.3 is 0 Å². The number of fused-ring (bicyclic) bond motifs is 2. The summed E-state index contributed by atoms with van der Waals surface area (Å²) < 4.78 is 3.28. The maximum atomic E-state index is 13.1. The number of hydrogen-bond acceptors (Lipinski definition) is 5. The average molecular weight is 412 g/mol. The number of aromatic nitrogens is 5. The Bertz CT molecular complexity index is 1460. The van der Waals surface area contributed by atoms with Gasteiger partial charge in [0.1, 0.15) is 0 Å². The van der Waals surface area contributed by atoms with Crippen molar-refractivity contribution in [1.29, 1.82) is 0 Å². The fraction of sp³-hybridized carbons (Fsp3) is 0.167. The van der Waals surface area contributed by atoms with E-state index in [1.165, 1.54) is 4.68 Å². The molecule has 2 aromatic carbocycles. The van der Waals surface area contributed by atoms with Gasteiger partial charge in [-0.15, -0.1) is 0 Å². The van der Waals surface area contributed by atoms with Crippen LogP contribution in [0.1, 0.15) is 25.0 Å². The lowest BCUT2D eigenvalue weighted by atomic mass is 10.0. The number of rotatable bonds is 2. The highest BCUT2D eigenvalue weighted by molar-refractivity contribution is 5.81. The molecule has 0 aliphatic heterocycles. The van der Waals surface area contributed by atoms with E-state index in [4.69, 9.17) is 5.73 Å². The van der Waals surface area contributed by atoms with E-state index in [-0.39, 0.29) is 5.56 Å². The molecule has 0 aliphatic rings. The third kappa shape index (κ3) is 3.44. The van der Waals surface area contributed by atoms with Crippen LogP contribution in [-0.4, -0.2) is 24.1 Å². The minimum atomic E-state index is -0.153. The third-order valence-electron chi connectivity index (χ3n) is 5.15. The lowest BCUT2D eigenvalue weighted by molar-refractivity contribution is 0.815. The van der Waals surface area contributed by atoms with Crippen molar-refractivity contribution in [2.24, 2.45) is 0 Å². The van der Waals surface area contributed by atoms with Crippen molar-refractivity contribution < 1.29 is 0 Å². The van der Waals surface area contributed by atoms with Crippen LogP contribution in [0.2, 0.25) is 0 Å². The normalized spacial score (nSPS) is 10.8. The molecule has 3 heterocycles. The zero-order chi connectivity index (χ0) is 22.1. The van der Waals surface area contributed by atoms with E-state index in [0.717, 1.165) is 22.1 Å². The Kier molecular flexibility index (Phi) is 5.25. The van der Waals surface area contributed by atoms with Gasteiger partial charge in [-0.05, 0) is 37.6 Å². The Morgan fingerprint density at radius 3 is 2.68 bits per heavy atom. The molecule has 0 spiro atoms. The van der Waals surface area contributed by atoms with Crippen LogP contribution in [0.5, 0.6) is 0 Å². The predicted octanol–water partition coefficient (Wildman–Crippen LogP) is 4.32. The van der Waals surface area contributed by atoms with Crippen LogP contribution in [0.15, 0.2) is 66.0 Å². The number of hydrogen-bond donors (Lipinski definition) is 1. The number of nitrogens with two attached hydrogens (primary N) is 1. The standard InChI is InChI=1S/C22H18N6O.C2H6/c1-13-6-7-17-15(10-13)11-25-28(22(17)29)19-5-3-4-16(14(19)2)18-12-27-9-8-24-21(27)20(23)26-18;1-2/h3-12H,1-2H3,(H2,23,26);1-2H3. The third-order valence-corrected chi connectivity index (χ3v) is 5.15. The summed E-state index contributed by atoms with van der Waals surface area (Å²) in [5.74, 6) is 0.355. The molecule has 31 heavy (non-hydrogen) atoms. The second-order valence-electron chi connectivity index (χ2n) is 7.07. The number of imidazole rings is 1. The largest absolute Gasteiger partial charge is 0.381 e. The van der Waals surface area contributed by atoms with Crippen molar-refractivity contribution in [2.45, 2.75) is 27.7 Å². The topological polar surface area (TPSA) is 91.1 Å². The Hall–Kier alpha value is -4.00. The van der Waals surface area contributed by atoms with Gasteiger partial charge in [0, 0.05) is 29.5 Å². The summed E-state index contributed by atoms with van der Waals surface area (Å²) in [5, 5.41) is 5.89. The van der Waals surface area contributed by atoms with E-state index in [1.807, 2.05) is 80.9 Å². The summed E-state index contributed by atoms with van der Waals surface area (Å²) in [4.78, 5) is 21.8. The van der Waals surface area contributed by atoms with Crippen molar-refractivity contribution >= 4 is 22.2 Å². The van der Waals surface area contributed by atoms with Gasteiger partial charge in [-0.3, -0.25) is 4.79 Å². The molecule has 0 atom stereocenters. The summed E-state index contributed by atoms with van der Waals surface area (Å²) in [5.41, 5.74) is 10.8. The molecule has 7 nitrogen and oxygen atoms in total. The van der Waals surface area contributed by atoms with Gasteiger partial charge in [-0.25, -0.2) is 9.97 Å². The summed E-state index contributed by atoms with van der Waals surface area (Å²) >= 11 is 0. The number of anilines is 1. The van der Waals surface area contributed by atoms with E-state index in [0.29, 0.717) is 28.2 Å². The van der Waals surface area contributed by atoms with E-state index in [1.54, 1.807) is 12.4 Å². The molecular formula is C24H24N6O. The van der Waals surface area contributed by atoms with Crippen LogP contribution in [-0.2, 0) is 0 Å². The van der Waals surface area contributed by atoms with Crippen molar-refractivity contribution in [3.63, 3.8) is 0 Å². The highest BCUT2D eigenvalue weighted by Crippen LogP contribution is 2.27. The maximum absolute atomic E-state index is 13.1. The van der Waals surface area contributed by atoms with Crippen LogP contribution in [0.25, 0.3) is 33.4 Å². The number of aryl methyl sites for hydroxylation is 1. The zero-order valence-corrected chi connectivity index (χ0v) is 18.0. The first-order chi connectivity index (χ1) is 15.0. The molecule has 2 N–H and O–H groups in total. The van der Waals surface area contributed by atoms with E-state index >= 15 is 0 Å². The molecule has 0 saturated carbocycles. The van der Waals surface area contributed by atoms with Crippen LogP contribution >= 0.6 is 0 Å². The summed E-state index contributed by atoms with van der Waals surface area (Å²) in [7, 11) is 0. The van der Waals surface area contributed by atoms with E-state index in [9.17, 15) is 4.79 Å². The molecule has 0 bridgehead atoms. The van der Waals surface area contributed by atoms with Crippen molar-refractivity contribution in [2.75, 3.05) is 5.73 Å². The quantitative estimate of drug-likeness (QED) is 0.466. The number of nitrogen functional groups attached to an aromatic ring is 1. The molecule has 0 saturated heterocycles. The first kappa shape index (κ1) is 20.3. The predicted molar refractivity (Wildman–Crippen MR) is 125 cm³/mol. The molecule has 3 aromatic heterocycles. The van der Waals surface area contributed by atoms with Gasteiger partial charge in [0.2, 0.25) is 0 Å². The molecule has 7 heteroatoms. The lowest BCUT2D eigenvalue weighted by Gasteiger charge is -2.13. The lowest BCUT2D eigenvalue weighted by Crippen LogP contribution is -2.22. The molecular weight excluding hydrogens is 388 g/mol. The number of benzene rings is 2. The van der Waals surface area contributed by atoms with Crippen molar-refractivity contribution in [3.05, 3.63) is 82.7 Å². The molecule has 0 amide bonds. The van der Waals surface area contributed by atoms with Crippen molar-refractivity contribution in [1.82, 2.24) is 24.1 Å². The van der Waals surface area contributed by atoms with Crippen LogP contribution < -0.4 is 11.3 Å². The SMILES string of the molecule is CC.Cc1ccc2c(=O)n(-c3cccc(-c4cn5ccnc5c(N)n4)c3C)ncc2c1. The smallest absolute Gasteiger partial charge is 0.279 e. The van der Waals surface area contributed by atoms with Crippen LogP contribution in [0, 0.1) is 13.8 Å². The molecule has 156 valence electrons. The molecule has 0 unspecified atom stereocenters. The number of nitrogens with zero attached hydrogens (tertiary/aromatic N) is 5. The minimum Gasteiger partial charge on any atom is -0.381 e. The summed E-state index contributed by atoms with van der Waals surface area (Å²) in [6.45, 7) is 7.95. The fourth-order valence-corrected chi connectivity index (χ4v) is 3.66. The highest BCUT2D eigenvalue weighted by atomic mass is 16.1. The molecule has 0 radical (unpaired) electrons. The maximum Gasteiger partial charge on any atom is 0.279 e. The first-order valence-electron chi connectivity index (χ1n) is 10.2. The van der Waals surface area contributed by atoms with E-state index < -0.39 is 0 Å². The fourth-order valence-electron chi connectivity index (χ4n) is 3.66. The highest BCUT2D eigenvalue weighted by Gasteiger charge is 2.14. The Morgan fingerprint density at radius 1 is 1.06 bits per heavy atom. The molecule has 5 rings (SSSR count). The average Bonchev–Trinajstić information content (AvgIpc) is 3.25. The Balaban J connectivity index is 0.00000112. The Morgan fingerprint density at radius 2 is 1.87 bits per heavy atom. The minimum absolute atomic E-state index is 0.153. The second kappa shape index (κ2) is 8.02. The van der Waals surface area contributed by atoms with Gasteiger partial charge in [-0.1, -0.05) is 37.6 Å².